The van der Waals surface area contributed by atoms with Crippen LogP contribution in [0.2, 0.25) is 0 Å². The van der Waals surface area contributed by atoms with E-state index in [1.165, 1.54) is 19.1 Å². The van der Waals surface area contributed by atoms with Crippen LogP contribution >= 0.6 is 0 Å². The molecule has 8 N–H and O–H groups in total. The molecule has 11 heteroatoms. The van der Waals surface area contributed by atoms with E-state index in [9.17, 15) is 34.5 Å². The Bertz CT molecular complexity index is 1110. The number of phenols is 1. The lowest BCUT2D eigenvalue weighted by Gasteiger charge is -2.27. The number of aromatic hydroxyl groups is 1. The Balaban J connectivity index is 2.25. The molecule has 0 aliphatic carbocycles. The van der Waals surface area contributed by atoms with Gasteiger partial charge in [-0.1, -0.05) is 56.3 Å². The number of carbonyl (C=O) groups is 4. The molecule has 0 fully saturated rings. The number of carboxylic acid groups (broad SMARTS) is 1. The molecular formula is C28H38N4O7. The highest BCUT2D eigenvalue weighted by molar-refractivity contribution is 5.94. The average molecular weight is 543 g/mol. The zero-order chi connectivity index (χ0) is 29.1. The first kappa shape index (κ1) is 31.3. The zero-order valence-electron chi connectivity index (χ0n) is 22.3. The van der Waals surface area contributed by atoms with Crippen molar-refractivity contribution in [3.05, 3.63) is 65.7 Å². The van der Waals surface area contributed by atoms with E-state index in [0.29, 0.717) is 17.5 Å². The molecule has 2 rings (SSSR count). The SMILES string of the molecule is CC(C)CC(N)C(=O)NC(C(=O)NC(Cc1ccc(O)cc1)C(=O)NC(Cc1ccccc1)C(=O)O)C(C)O. The summed E-state index contributed by atoms with van der Waals surface area (Å²) in [7, 11) is 0. The minimum absolute atomic E-state index is 0.00667. The van der Waals surface area contributed by atoms with E-state index in [-0.39, 0.29) is 24.5 Å². The predicted molar refractivity (Wildman–Crippen MR) is 144 cm³/mol. The highest BCUT2D eigenvalue weighted by Gasteiger charge is 2.32. The lowest BCUT2D eigenvalue weighted by atomic mass is 10.0. The van der Waals surface area contributed by atoms with Crippen LogP contribution in [-0.2, 0) is 32.0 Å². The third kappa shape index (κ3) is 10.4. The molecular weight excluding hydrogens is 504 g/mol. The maximum atomic E-state index is 13.3. The highest BCUT2D eigenvalue weighted by Crippen LogP contribution is 2.13. The molecule has 0 heterocycles. The number of aliphatic hydroxyl groups is 1. The van der Waals surface area contributed by atoms with Crippen LogP contribution < -0.4 is 21.7 Å². The number of phenolic OH excluding ortho intramolecular Hbond substituents is 1. The van der Waals surface area contributed by atoms with Gasteiger partial charge in [-0.25, -0.2) is 4.79 Å². The Morgan fingerprint density at radius 3 is 1.85 bits per heavy atom. The summed E-state index contributed by atoms with van der Waals surface area (Å²) in [6, 6.07) is 9.84. The normalized spacial score (nSPS) is 14.9. The first-order chi connectivity index (χ1) is 18.4. The van der Waals surface area contributed by atoms with Crippen LogP contribution in [-0.4, -0.2) is 69.3 Å². The number of aliphatic hydroxyl groups excluding tert-OH is 1. The second-order valence-corrected chi connectivity index (χ2v) is 9.98. The molecule has 2 aromatic carbocycles. The summed E-state index contributed by atoms with van der Waals surface area (Å²) in [6.07, 6.45) is -0.989. The van der Waals surface area contributed by atoms with Crippen LogP contribution in [0.4, 0.5) is 0 Å². The van der Waals surface area contributed by atoms with Crippen LogP contribution in [0.5, 0.6) is 5.75 Å². The van der Waals surface area contributed by atoms with Gasteiger partial charge in [0.25, 0.3) is 0 Å². The van der Waals surface area contributed by atoms with Crippen molar-refractivity contribution in [2.24, 2.45) is 11.7 Å². The minimum Gasteiger partial charge on any atom is -0.508 e. The van der Waals surface area contributed by atoms with E-state index in [4.69, 9.17) is 5.73 Å². The maximum Gasteiger partial charge on any atom is 0.326 e. The average Bonchev–Trinajstić information content (AvgIpc) is 2.87. The number of benzene rings is 2. The largest absolute Gasteiger partial charge is 0.508 e. The third-order valence-electron chi connectivity index (χ3n) is 6.03. The standard InChI is InChI=1S/C28H38N4O7/c1-16(2)13-21(29)25(35)32-24(17(3)33)27(37)30-22(14-19-9-11-20(34)12-10-19)26(36)31-23(28(38)39)15-18-7-5-4-6-8-18/h4-12,16-17,21-24,33-34H,13-15,29H2,1-3H3,(H,30,37)(H,31,36)(H,32,35)(H,38,39). The molecule has 0 aromatic heterocycles. The number of carboxylic acids is 1. The van der Waals surface area contributed by atoms with Gasteiger partial charge in [-0.3, -0.25) is 14.4 Å². The van der Waals surface area contributed by atoms with Gasteiger partial charge in [0.1, 0.15) is 23.9 Å². The Morgan fingerprint density at radius 1 is 0.769 bits per heavy atom. The van der Waals surface area contributed by atoms with Crippen molar-refractivity contribution in [1.29, 1.82) is 0 Å². The number of hydrogen-bond acceptors (Lipinski definition) is 7. The summed E-state index contributed by atoms with van der Waals surface area (Å²) in [4.78, 5) is 50.9. The number of aliphatic carboxylic acids is 1. The summed E-state index contributed by atoms with van der Waals surface area (Å²) in [5.41, 5.74) is 7.17. The number of rotatable bonds is 14. The smallest absolute Gasteiger partial charge is 0.326 e. The number of hydrogen-bond donors (Lipinski definition) is 7. The van der Waals surface area contributed by atoms with Crippen LogP contribution in [0.1, 0.15) is 38.3 Å². The van der Waals surface area contributed by atoms with Gasteiger partial charge in [0, 0.05) is 12.8 Å². The van der Waals surface area contributed by atoms with Gasteiger partial charge >= 0.3 is 5.97 Å². The van der Waals surface area contributed by atoms with Crippen LogP contribution in [0.3, 0.4) is 0 Å². The Kier molecular flexibility index (Phi) is 11.9. The van der Waals surface area contributed by atoms with E-state index in [0.717, 1.165) is 0 Å². The molecule has 0 aliphatic heterocycles. The van der Waals surface area contributed by atoms with Crippen molar-refractivity contribution in [2.75, 3.05) is 0 Å². The maximum absolute atomic E-state index is 13.3. The fraction of sp³-hybridized carbons (Fsp3) is 0.429. The molecule has 2 aromatic rings. The monoisotopic (exact) mass is 542 g/mol. The van der Waals surface area contributed by atoms with Gasteiger partial charge in [-0.2, -0.15) is 0 Å². The van der Waals surface area contributed by atoms with Crippen LogP contribution in [0.25, 0.3) is 0 Å². The second kappa shape index (κ2) is 14.8. The summed E-state index contributed by atoms with van der Waals surface area (Å²) in [6.45, 7) is 5.09. The van der Waals surface area contributed by atoms with E-state index >= 15 is 0 Å². The zero-order valence-corrected chi connectivity index (χ0v) is 22.3. The fourth-order valence-corrected chi connectivity index (χ4v) is 3.94. The molecule has 0 saturated heterocycles. The predicted octanol–water partition coefficient (Wildman–Crippen LogP) is 0.471. The van der Waals surface area contributed by atoms with Crippen molar-refractivity contribution >= 4 is 23.7 Å². The lowest BCUT2D eigenvalue weighted by Crippen LogP contribution is -2.60. The number of carbonyl (C=O) groups excluding carboxylic acids is 3. The minimum atomic E-state index is -1.41. The van der Waals surface area contributed by atoms with E-state index in [1.54, 1.807) is 42.5 Å². The molecule has 39 heavy (non-hydrogen) atoms. The van der Waals surface area contributed by atoms with Crippen molar-refractivity contribution in [2.45, 2.75) is 70.3 Å². The summed E-state index contributed by atoms with van der Waals surface area (Å²) < 4.78 is 0. The Morgan fingerprint density at radius 2 is 1.31 bits per heavy atom. The molecule has 0 aliphatic rings. The highest BCUT2D eigenvalue weighted by atomic mass is 16.4. The second-order valence-electron chi connectivity index (χ2n) is 9.98. The van der Waals surface area contributed by atoms with E-state index in [1.807, 2.05) is 13.8 Å². The topological polar surface area (TPSA) is 191 Å². The molecule has 3 amide bonds. The number of nitrogens with two attached hydrogens (primary N) is 1. The van der Waals surface area contributed by atoms with Gasteiger partial charge in [0.15, 0.2) is 0 Å². The molecule has 5 atom stereocenters. The van der Waals surface area contributed by atoms with Crippen molar-refractivity contribution in [3.63, 3.8) is 0 Å². The molecule has 0 radical (unpaired) electrons. The first-order valence-electron chi connectivity index (χ1n) is 12.8. The Hall–Kier alpha value is -3.96. The summed E-state index contributed by atoms with van der Waals surface area (Å²) in [5.74, 6) is -3.36. The molecule has 0 spiro atoms. The molecule has 0 bridgehead atoms. The van der Waals surface area contributed by atoms with Crippen LogP contribution in [0.15, 0.2) is 54.6 Å². The van der Waals surface area contributed by atoms with Gasteiger partial charge in [0.2, 0.25) is 17.7 Å². The van der Waals surface area contributed by atoms with E-state index in [2.05, 4.69) is 16.0 Å². The molecule has 0 saturated carbocycles. The first-order valence-corrected chi connectivity index (χ1v) is 12.8. The Labute approximate surface area is 227 Å². The number of amides is 3. The third-order valence-corrected chi connectivity index (χ3v) is 6.03. The lowest BCUT2D eigenvalue weighted by molar-refractivity contribution is -0.142. The fourth-order valence-electron chi connectivity index (χ4n) is 3.94. The van der Waals surface area contributed by atoms with Crippen molar-refractivity contribution in [3.8, 4) is 5.75 Å². The van der Waals surface area contributed by atoms with Gasteiger partial charge in [-0.05, 0) is 42.5 Å². The quantitative estimate of drug-likeness (QED) is 0.179. The molecule has 212 valence electrons. The van der Waals surface area contributed by atoms with Crippen LogP contribution in [0, 0.1) is 5.92 Å². The molecule has 5 unspecified atom stereocenters. The van der Waals surface area contributed by atoms with Crippen molar-refractivity contribution < 1.29 is 34.5 Å². The van der Waals surface area contributed by atoms with Gasteiger partial charge in [-0.15, -0.1) is 0 Å². The van der Waals surface area contributed by atoms with Crippen molar-refractivity contribution in [1.82, 2.24) is 16.0 Å². The number of nitrogens with one attached hydrogen (secondary N) is 3. The summed E-state index contributed by atoms with van der Waals surface area (Å²) >= 11 is 0. The summed E-state index contributed by atoms with van der Waals surface area (Å²) in [5, 5.41) is 37.0. The van der Waals surface area contributed by atoms with Gasteiger partial charge in [0.05, 0.1) is 12.1 Å². The molecule has 11 nitrogen and oxygen atoms in total. The van der Waals surface area contributed by atoms with E-state index < -0.39 is 54.0 Å². The van der Waals surface area contributed by atoms with Gasteiger partial charge < -0.3 is 37.0 Å².